The molecule has 9 nitrogen and oxygen atoms in total. The van der Waals surface area contributed by atoms with E-state index in [2.05, 4.69) is 14.7 Å². The fraction of sp³-hybridized carbons (Fsp3) is 0.500. The topological polar surface area (TPSA) is 130 Å². The van der Waals surface area contributed by atoms with Gasteiger partial charge in [0, 0.05) is 19.8 Å². The number of hydrogen-bond acceptors (Lipinski definition) is 6. The summed E-state index contributed by atoms with van der Waals surface area (Å²) in [5.41, 5.74) is -0.997. The van der Waals surface area contributed by atoms with Crippen LogP contribution in [0.5, 0.6) is 0 Å². The highest BCUT2D eigenvalue weighted by Crippen LogP contribution is 2.14. The molecule has 1 aromatic carbocycles. The van der Waals surface area contributed by atoms with Gasteiger partial charge in [-0.3, -0.25) is 9.78 Å². The van der Waals surface area contributed by atoms with Crippen molar-refractivity contribution in [2.24, 2.45) is 0 Å². The van der Waals surface area contributed by atoms with Crippen LogP contribution in [0.25, 0.3) is 10.9 Å². The molecule has 10 heteroatoms. The first-order valence-corrected chi connectivity index (χ1v) is 9.89. The molecule has 3 rings (SSSR count). The van der Waals surface area contributed by atoms with Gasteiger partial charge in [0.15, 0.2) is 0 Å². The van der Waals surface area contributed by atoms with Crippen molar-refractivity contribution in [2.45, 2.75) is 30.3 Å². The number of rotatable bonds is 8. The number of sulfonamides is 1. The molecular weight excluding hydrogens is 362 g/mol. The number of aromatic nitrogens is 2. The first-order chi connectivity index (χ1) is 12.5. The lowest BCUT2D eigenvalue weighted by atomic mass is 10.2. The minimum Gasteiger partial charge on any atom is -0.379 e. The number of fused-ring (bicyclic) bond motifs is 1. The molecule has 1 aromatic heterocycles. The maximum absolute atomic E-state index is 12.3. The minimum absolute atomic E-state index is 0.0391. The summed E-state index contributed by atoms with van der Waals surface area (Å²) in [5.74, 6) is 0. The van der Waals surface area contributed by atoms with E-state index in [9.17, 15) is 18.0 Å². The molecule has 1 aliphatic heterocycles. The van der Waals surface area contributed by atoms with Gasteiger partial charge in [-0.1, -0.05) is 0 Å². The van der Waals surface area contributed by atoms with Gasteiger partial charge in [0.2, 0.25) is 10.0 Å². The van der Waals surface area contributed by atoms with E-state index >= 15 is 0 Å². The lowest BCUT2D eigenvalue weighted by Gasteiger charge is -2.10. The summed E-state index contributed by atoms with van der Waals surface area (Å²) < 4.78 is 38.1. The van der Waals surface area contributed by atoms with Crippen molar-refractivity contribution in [3.8, 4) is 0 Å². The first-order valence-electron chi connectivity index (χ1n) is 8.41. The van der Waals surface area contributed by atoms with Crippen LogP contribution in [-0.2, 0) is 19.5 Å². The summed E-state index contributed by atoms with van der Waals surface area (Å²) in [6.45, 7) is 1.95. The summed E-state index contributed by atoms with van der Waals surface area (Å²) in [6, 6.07) is 3.97. The van der Waals surface area contributed by atoms with E-state index in [0.717, 1.165) is 19.4 Å². The smallest absolute Gasteiger partial charge is 0.326 e. The van der Waals surface area contributed by atoms with Gasteiger partial charge in [0.1, 0.15) is 0 Å². The van der Waals surface area contributed by atoms with Crippen LogP contribution in [0, 0.1) is 0 Å². The zero-order chi connectivity index (χ0) is 18.6. The highest BCUT2D eigenvalue weighted by Gasteiger charge is 2.16. The molecule has 1 atom stereocenters. The fourth-order valence-electron chi connectivity index (χ4n) is 2.77. The Morgan fingerprint density at radius 2 is 2.12 bits per heavy atom. The van der Waals surface area contributed by atoms with Crippen molar-refractivity contribution in [1.82, 2.24) is 14.7 Å². The average molecular weight is 383 g/mol. The van der Waals surface area contributed by atoms with Gasteiger partial charge in [-0.05, 0) is 37.5 Å². The molecule has 2 aromatic rings. The van der Waals surface area contributed by atoms with Crippen LogP contribution in [0.15, 0.2) is 32.7 Å². The Kier molecular flexibility index (Phi) is 5.87. The molecule has 1 aliphatic rings. The standard InChI is InChI=1S/C16H21N3O6S/c20-15-13-9-12(4-5-14(13)18-16(21)19-15)26(22,23)17-6-2-7-24-10-11-3-1-8-25-11/h4-5,9,11,17H,1-3,6-8,10H2,(H2,18,19,20,21). The van der Waals surface area contributed by atoms with Gasteiger partial charge >= 0.3 is 5.69 Å². The molecule has 1 saturated heterocycles. The predicted molar refractivity (Wildman–Crippen MR) is 94.8 cm³/mol. The van der Waals surface area contributed by atoms with Crippen LogP contribution < -0.4 is 16.0 Å². The van der Waals surface area contributed by atoms with Gasteiger partial charge in [0.05, 0.1) is 28.5 Å². The second-order valence-corrected chi connectivity index (χ2v) is 7.84. The van der Waals surface area contributed by atoms with Crippen LogP contribution in [0.1, 0.15) is 19.3 Å². The Labute approximate surface area is 149 Å². The molecule has 1 fully saturated rings. The van der Waals surface area contributed by atoms with E-state index in [1.165, 1.54) is 18.2 Å². The number of H-pyrrole nitrogens is 2. The second-order valence-electron chi connectivity index (χ2n) is 6.08. The molecule has 3 N–H and O–H groups in total. The number of benzene rings is 1. The van der Waals surface area contributed by atoms with E-state index in [0.29, 0.717) is 19.6 Å². The van der Waals surface area contributed by atoms with Crippen molar-refractivity contribution in [3.63, 3.8) is 0 Å². The summed E-state index contributed by atoms with van der Waals surface area (Å²) in [7, 11) is -3.76. The molecule has 142 valence electrons. The minimum atomic E-state index is -3.76. The van der Waals surface area contributed by atoms with E-state index in [-0.39, 0.29) is 28.4 Å². The Morgan fingerprint density at radius 1 is 1.27 bits per heavy atom. The first kappa shape index (κ1) is 18.8. The number of nitrogens with one attached hydrogen (secondary N) is 3. The highest BCUT2D eigenvalue weighted by atomic mass is 32.2. The molecule has 0 spiro atoms. The molecule has 26 heavy (non-hydrogen) atoms. The maximum Gasteiger partial charge on any atom is 0.326 e. The molecule has 0 amide bonds. The van der Waals surface area contributed by atoms with Crippen molar-refractivity contribution in [2.75, 3.05) is 26.4 Å². The zero-order valence-electron chi connectivity index (χ0n) is 14.1. The largest absolute Gasteiger partial charge is 0.379 e. The molecule has 0 saturated carbocycles. The van der Waals surface area contributed by atoms with Crippen LogP contribution >= 0.6 is 0 Å². The summed E-state index contributed by atoms with van der Waals surface area (Å²) in [6.07, 6.45) is 2.72. The lowest BCUT2D eigenvalue weighted by molar-refractivity contribution is 0.0169. The molecular formula is C16H21N3O6S. The lowest BCUT2D eigenvalue weighted by Crippen LogP contribution is -2.27. The zero-order valence-corrected chi connectivity index (χ0v) is 14.9. The number of ether oxygens (including phenoxy) is 2. The summed E-state index contributed by atoms with van der Waals surface area (Å²) >= 11 is 0. The van der Waals surface area contributed by atoms with Gasteiger partial charge < -0.3 is 14.5 Å². The van der Waals surface area contributed by atoms with Crippen molar-refractivity contribution < 1.29 is 17.9 Å². The highest BCUT2D eigenvalue weighted by molar-refractivity contribution is 7.89. The van der Waals surface area contributed by atoms with Crippen LogP contribution in [-0.4, -0.2) is 50.9 Å². The van der Waals surface area contributed by atoms with Gasteiger partial charge in [-0.15, -0.1) is 0 Å². The Hall–Kier alpha value is -2.01. The van der Waals surface area contributed by atoms with Crippen LogP contribution in [0.2, 0.25) is 0 Å². The van der Waals surface area contributed by atoms with Gasteiger partial charge in [0.25, 0.3) is 5.56 Å². The number of aromatic amines is 2. The van der Waals surface area contributed by atoms with E-state index < -0.39 is 21.3 Å². The molecule has 0 radical (unpaired) electrons. The molecule has 2 heterocycles. The predicted octanol–water partition coefficient (Wildman–Crippen LogP) is 0.0804. The van der Waals surface area contributed by atoms with Crippen molar-refractivity contribution in [1.29, 1.82) is 0 Å². The van der Waals surface area contributed by atoms with Gasteiger partial charge in [-0.25, -0.2) is 17.9 Å². The second kappa shape index (κ2) is 8.12. The van der Waals surface area contributed by atoms with E-state index in [1.807, 2.05) is 0 Å². The molecule has 1 unspecified atom stereocenters. The van der Waals surface area contributed by atoms with Crippen LogP contribution in [0.4, 0.5) is 0 Å². The third kappa shape index (κ3) is 4.58. The van der Waals surface area contributed by atoms with Crippen molar-refractivity contribution >= 4 is 20.9 Å². The number of hydrogen-bond donors (Lipinski definition) is 3. The Morgan fingerprint density at radius 3 is 2.88 bits per heavy atom. The van der Waals surface area contributed by atoms with Crippen molar-refractivity contribution in [3.05, 3.63) is 39.0 Å². The average Bonchev–Trinajstić information content (AvgIpc) is 3.11. The third-order valence-electron chi connectivity index (χ3n) is 4.11. The van der Waals surface area contributed by atoms with Crippen LogP contribution in [0.3, 0.4) is 0 Å². The monoisotopic (exact) mass is 383 g/mol. The Balaban J connectivity index is 1.55. The summed E-state index contributed by atoms with van der Waals surface area (Å²) in [5, 5.41) is 0.104. The van der Waals surface area contributed by atoms with Gasteiger partial charge in [-0.2, -0.15) is 0 Å². The normalized spacial score (nSPS) is 17.8. The fourth-order valence-corrected chi connectivity index (χ4v) is 3.87. The maximum atomic E-state index is 12.3. The molecule has 0 bridgehead atoms. The van der Waals surface area contributed by atoms with E-state index in [1.54, 1.807) is 0 Å². The van der Waals surface area contributed by atoms with E-state index in [4.69, 9.17) is 9.47 Å². The Bertz CT molecular complexity index is 975. The SMILES string of the molecule is O=c1[nH]c(=O)c2cc(S(=O)(=O)NCCCOCC3CCCO3)ccc2[nH]1. The third-order valence-corrected chi connectivity index (χ3v) is 5.57. The summed E-state index contributed by atoms with van der Waals surface area (Å²) in [4.78, 5) is 27.5. The quantitative estimate of drug-likeness (QED) is 0.554. The molecule has 0 aliphatic carbocycles.